The lowest BCUT2D eigenvalue weighted by Gasteiger charge is -2.33. The smallest absolute Gasteiger partial charge is 0.321 e. The Bertz CT molecular complexity index is 364. The van der Waals surface area contributed by atoms with Crippen molar-refractivity contribution in [3.8, 4) is 0 Å². The van der Waals surface area contributed by atoms with Crippen molar-refractivity contribution in [2.45, 2.75) is 34.9 Å². The first-order chi connectivity index (χ1) is 8.90. The highest BCUT2D eigenvalue weighted by Crippen LogP contribution is 2.50. The molecule has 0 heterocycles. The minimum absolute atomic E-state index is 2.83. The van der Waals surface area contributed by atoms with E-state index in [4.69, 9.17) is 0 Å². The summed E-state index contributed by atoms with van der Waals surface area (Å²) in [7, 11) is 0. The molecule has 0 fully saturated rings. The van der Waals surface area contributed by atoms with Crippen molar-refractivity contribution in [2.75, 3.05) is 6.61 Å². The standard InChI is InChI=1S/C7H3Cl2F11O/c8-6(18,19)7(9,20)21-1-3(12,13)5(16,17)4(14,15)2(10)11/h2H,1H2. The van der Waals surface area contributed by atoms with Gasteiger partial charge in [-0.2, -0.15) is 39.5 Å². The van der Waals surface area contributed by atoms with Crippen LogP contribution in [0.3, 0.4) is 0 Å². The second-order valence-electron chi connectivity index (χ2n) is 3.51. The summed E-state index contributed by atoms with van der Waals surface area (Å²) in [6.45, 7) is -3.18. The lowest BCUT2D eigenvalue weighted by atomic mass is 10.1. The first-order valence-electron chi connectivity index (χ1n) is 4.40. The Hall–Kier alpha value is -0.230. The van der Waals surface area contributed by atoms with Gasteiger partial charge in [0.1, 0.15) is 6.61 Å². The Morgan fingerprint density at radius 2 is 1.19 bits per heavy atom. The average Bonchev–Trinajstić information content (AvgIpc) is 2.24. The van der Waals surface area contributed by atoms with Gasteiger partial charge in [-0.15, -0.1) is 0 Å². The Morgan fingerprint density at radius 3 is 1.48 bits per heavy atom. The normalized spacial score (nSPS) is 18.0. The maximum atomic E-state index is 12.8. The zero-order valence-electron chi connectivity index (χ0n) is 9.11. The third kappa shape index (κ3) is 3.95. The van der Waals surface area contributed by atoms with E-state index in [1.54, 1.807) is 0 Å². The van der Waals surface area contributed by atoms with E-state index in [1.807, 2.05) is 0 Å². The van der Waals surface area contributed by atoms with E-state index >= 15 is 0 Å². The van der Waals surface area contributed by atoms with Crippen molar-refractivity contribution in [2.24, 2.45) is 0 Å². The van der Waals surface area contributed by atoms with E-state index in [1.165, 1.54) is 0 Å². The van der Waals surface area contributed by atoms with Gasteiger partial charge in [0.05, 0.1) is 0 Å². The summed E-state index contributed by atoms with van der Waals surface area (Å²) in [5.41, 5.74) is 0. The van der Waals surface area contributed by atoms with Crippen molar-refractivity contribution in [3.05, 3.63) is 0 Å². The number of ether oxygens (including phenoxy) is 1. The summed E-state index contributed by atoms with van der Waals surface area (Å²) in [6, 6.07) is 0. The SMILES string of the molecule is FC(F)C(F)(F)C(F)(F)C(F)(F)COC(F)(Cl)C(F)(F)Cl. The first-order valence-corrected chi connectivity index (χ1v) is 5.16. The van der Waals surface area contributed by atoms with Crippen LogP contribution in [0, 0.1) is 0 Å². The molecule has 0 aliphatic rings. The van der Waals surface area contributed by atoms with E-state index in [0.29, 0.717) is 0 Å². The molecule has 0 aromatic rings. The predicted octanol–water partition coefficient (Wildman–Crippen LogP) is 4.87. The molecule has 0 bridgehead atoms. The first kappa shape index (κ1) is 20.8. The molecular weight excluding hydrogens is 380 g/mol. The van der Waals surface area contributed by atoms with Crippen molar-refractivity contribution in [1.82, 2.24) is 0 Å². The van der Waals surface area contributed by atoms with E-state index in [-0.39, 0.29) is 0 Å². The zero-order valence-corrected chi connectivity index (χ0v) is 10.6. The van der Waals surface area contributed by atoms with Gasteiger partial charge in [0.2, 0.25) is 0 Å². The van der Waals surface area contributed by atoms with Crippen LogP contribution in [-0.4, -0.2) is 41.5 Å². The Kier molecular flexibility index (Phi) is 5.70. The monoisotopic (exact) mass is 382 g/mol. The van der Waals surface area contributed by atoms with E-state index < -0.39 is 41.5 Å². The molecule has 0 saturated heterocycles. The fourth-order valence-corrected chi connectivity index (χ4v) is 0.844. The maximum absolute atomic E-state index is 12.8. The van der Waals surface area contributed by atoms with E-state index in [0.717, 1.165) is 0 Å². The summed E-state index contributed by atoms with van der Waals surface area (Å²) in [4.78, 5) is 0. The molecule has 1 unspecified atom stereocenters. The fourth-order valence-electron chi connectivity index (χ4n) is 0.735. The molecule has 1 nitrogen and oxygen atoms in total. The summed E-state index contributed by atoms with van der Waals surface area (Å²) in [5, 5.41) is -10.2. The molecule has 0 aromatic carbocycles. The lowest BCUT2D eigenvalue weighted by Crippen LogP contribution is -2.60. The van der Waals surface area contributed by atoms with Crippen molar-refractivity contribution in [3.63, 3.8) is 0 Å². The number of rotatable bonds is 7. The molecule has 0 saturated carbocycles. The molecule has 0 aromatic heterocycles. The molecule has 0 rings (SSSR count). The van der Waals surface area contributed by atoms with Gasteiger partial charge in [-0.1, -0.05) is 0 Å². The maximum Gasteiger partial charge on any atom is 0.394 e. The number of hydrogen-bond donors (Lipinski definition) is 0. The Labute approximate surface area is 118 Å². The molecule has 0 aliphatic heterocycles. The molecule has 21 heavy (non-hydrogen) atoms. The van der Waals surface area contributed by atoms with Crippen LogP contribution in [0.15, 0.2) is 0 Å². The number of alkyl halides is 13. The highest BCUT2D eigenvalue weighted by Gasteiger charge is 2.76. The highest BCUT2D eigenvalue weighted by molar-refractivity contribution is 6.31. The molecule has 0 N–H and O–H groups in total. The average molecular weight is 383 g/mol. The quantitative estimate of drug-likeness (QED) is 0.451. The summed E-state index contributed by atoms with van der Waals surface area (Å²) >= 11 is 8.10. The van der Waals surface area contributed by atoms with Crippen LogP contribution in [0.4, 0.5) is 48.3 Å². The summed E-state index contributed by atoms with van der Waals surface area (Å²) in [5.74, 6) is -19.5. The van der Waals surface area contributed by atoms with Crippen LogP contribution in [-0.2, 0) is 4.74 Å². The van der Waals surface area contributed by atoms with Gasteiger partial charge in [-0.05, 0) is 23.2 Å². The minimum atomic E-state index is -6.75. The zero-order chi connectivity index (χ0) is 17.5. The van der Waals surface area contributed by atoms with Gasteiger partial charge in [0.15, 0.2) is 0 Å². The predicted molar refractivity (Wildman–Crippen MR) is 47.3 cm³/mol. The van der Waals surface area contributed by atoms with Crippen LogP contribution in [0.5, 0.6) is 0 Å². The molecule has 1 atom stereocenters. The summed E-state index contributed by atoms with van der Waals surface area (Å²) in [6.07, 6.45) is -5.22. The summed E-state index contributed by atoms with van der Waals surface area (Å²) < 4.78 is 139. The number of hydrogen-bond acceptors (Lipinski definition) is 1. The second kappa shape index (κ2) is 5.76. The van der Waals surface area contributed by atoms with Crippen molar-refractivity contribution in [1.29, 1.82) is 0 Å². The molecule has 128 valence electrons. The third-order valence-electron chi connectivity index (χ3n) is 1.92. The Morgan fingerprint density at radius 1 is 0.810 bits per heavy atom. The van der Waals surface area contributed by atoms with Gasteiger partial charge in [0, 0.05) is 0 Å². The van der Waals surface area contributed by atoms with Crippen molar-refractivity contribution >= 4 is 23.2 Å². The molecular formula is C7H3Cl2F11O. The molecule has 0 aliphatic carbocycles. The van der Waals surface area contributed by atoms with Gasteiger partial charge in [0.25, 0.3) is 0 Å². The second-order valence-corrected chi connectivity index (χ2v) is 4.47. The highest BCUT2D eigenvalue weighted by atomic mass is 35.5. The van der Waals surface area contributed by atoms with Crippen LogP contribution < -0.4 is 0 Å². The topological polar surface area (TPSA) is 9.23 Å². The fraction of sp³-hybridized carbons (Fsp3) is 1.00. The molecule has 14 heteroatoms. The Balaban J connectivity index is 5.24. The lowest BCUT2D eigenvalue weighted by molar-refractivity contribution is -0.354. The van der Waals surface area contributed by atoms with E-state index in [2.05, 4.69) is 27.9 Å². The van der Waals surface area contributed by atoms with E-state index in [9.17, 15) is 48.3 Å². The van der Waals surface area contributed by atoms with Crippen LogP contribution in [0.2, 0.25) is 0 Å². The van der Waals surface area contributed by atoms with Gasteiger partial charge < -0.3 is 4.74 Å². The number of halogens is 13. The van der Waals surface area contributed by atoms with Crippen LogP contribution in [0.1, 0.15) is 0 Å². The van der Waals surface area contributed by atoms with Crippen LogP contribution in [0.25, 0.3) is 0 Å². The minimum Gasteiger partial charge on any atom is -0.321 e. The van der Waals surface area contributed by atoms with Gasteiger partial charge >= 0.3 is 34.9 Å². The van der Waals surface area contributed by atoms with Crippen molar-refractivity contribution < 1.29 is 53.0 Å². The molecule has 0 spiro atoms. The van der Waals surface area contributed by atoms with Gasteiger partial charge in [-0.3, -0.25) is 0 Å². The molecule has 0 radical (unpaired) electrons. The molecule has 0 amide bonds. The third-order valence-corrected chi connectivity index (χ3v) is 2.60. The van der Waals surface area contributed by atoms with Crippen LogP contribution >= 0.6 is 23.2 Å². The van der Waals surface area contributed by atoms with Gasteiger partial charge in [-0.25, -0.2) is 8.78 Å². The largest absolute Gasteiger partial charge is 0.394 e.